The van der Waals surface area contributed by atoms with Gasteiger partial charge >= 0.3 is 0 Å². The molecular formula is C5H2F2IN. The van der Waals surface area contributed by atoms with Gasteiger partial charge in [-0.2, -0.15) is 0 Å². The van der Waals surface area contributed by atoms with Gasteiger partial charge in [-0.05, 0) is 22.6 Å². The Hall–Kier alpha value is -0.260. The quantitative estimate of drug-likeness (QED) is 0.632. The Morgan fingerprint density at radius 3 is 2.44 bits per heavy atom. The van der Waals surface area contributed by atoms with Crippen molar-refractivity contribution in [3.63, 3.8) is 0 Å². The molecule has 0 fully saturated rings. The number of hydrogen-bond acceptors (Lipinski definition) is 1. The summed E-state index contributed by atoms with van der Waals surface area (Å²) >= 11 is 1.67. The van der Waals surface area contributed by atoms with Crippen LogP contribution in [0.1, 0.15) is 0 Å². The van der Waals surface area contributed by atoms with Gasteiger partial charge in [0.15, 0.2) is 11.6 Å². The molecule has 1 heterocycles. The molecule has 1 aromatic rings. The molecule has 0 N–H and O–H groups in total. The van der Waals surface area contributed by atoms with Gasteiger partial charge < -0.3 is 0 Å². The highest BCUT2D eigenvalue weighted by Crippen LogP contribution is 2.10. The normalized spacial score (nSPS) is 9.67. The minimum Gasteiger partial charge on any atom is -0.260 e. The summed E-state index contributed by atoms with van der Waals surface area (Å²) in [4.78, 5) is 3.42. The van der Waals surface area contributed by atoms with E-state index in [2.05, 4.69) is 4.98 Å². The largest absolute Gasteiger partial charge is 0.260 e. The Labute approximate surface area is 64.2 Å². The topological polar surface area (TPSA) is 12.9 Å². The van der Waals surface area contributed by atoms with E-state index in [1.165, 1.54) is 6.20 Å². The van der Waals surface area contributed by atoms with Gasteiger partial charge in [0.05, 0.1) is 9.77 Å². The van der Waals surface area contributed by atoms with Crippen molar-refractivity contribution in [2.75, 3.05) is 0 Å². The highest BCUT2D eigenvalue weighted by atomic mass is 127. The van der Waals surface area contributed by atoms with Gasteiger partial charge in [0.25, 0.3) is 0 Å². The van der Waals surface area contributed by atoms with Crippen molar-refractivity contribution in [3.8, 4) is 0 Å². The molecule has 0 saturated carbocycles. The number of rotatable bonds is 0. The van der Waals surface area contributed by atoms with E-state index in [0.29, 0.717) is 0 Å². The molecule has 0 saturated heterocycles. The second-order valence-electron chi connectivity index (χ2n) is 1.42. The molecule has 0 spiro atoms. The second kappa shape index (κ2) is 2.55. The molecule has 1 rings (SSSR count). The fraction of sp³-hybridized carbons (Fsp3) is 0. The maximum Gasteiger partial charge on any atom is 0.178 e. The van der Waals surface area contributed by atoms with Crippen LogP contribution in [0, 0.1) is 15.2 Å². The van der Waals surface area contributed by atoms with Crippen molar-refractivity contribution in [3.05, 3.63) is 27.6 Å². The van der Waals surface area contributed by atoms with Crippen molar-refractivity contribution in [2.45, 2.75) is 0 Å². The molecule has 0 aromatic carbocycles. The molecule has 1 aromatic heterocycles. The van der Waals surface area contributed by atoms with E-state index >= 15 is 0 Å². The summed E-state index contributed by atoms with van der Waals surface area (Å²) < 4.78 is 24.6. The molecule has 4 heteroatoms. The number of pyridine rings is 1. The molecule has 1 nitrogen and oxygen atoms in total. The molecule has 0 atom stereocenters. The second-order valence-corrected chi connectivity index (χ2v) is 2.58. The molecule has 0 aliphatic carbocycles. The Morgan fingerprint density at radius 2 is 2.00 bits per heavy atom. The van der Waals surface area contributed by atoms with Crippen LogP contribution in [0.2, 0.25) is 0 Å². The van der Waals surface area contributed by atoms with Crippen LogP contribution in [0.15, 0.2) is 12.4 Å². The van der Waals surface area contributed by atoms with Crippen LogP contribution in [0.4, 0.5) is 8.78 Å². The van der Waals surface area contributed by atoms with Crippen LogP contribution in [0.5, 0.6) is 0 Å². The van der Waals surface area contributed by atoms with Gasteiger partial charge in [0.2, 0.25) is 0 Å². The zero-order chi connectivity index (χ0) is 6.85. The number of hydrogen-bond donors (Lipinski definition) is 0. The van der Waals surface area contributed by atoms with E-state index in [1.807, 2.05) is 0 Å². The lowest BCUT2D eigenvalue weighted by molar-refractivity contribution is 0.498. The van der Waals surface area contributed by atoms with Gasteiger partial charge in [0, 0.05) is 6.20 Å². The lowest BCUT2D eigenvalue weighted by Gasteiger charge is -1.91. The van der Waals surface area contributed by atoms with Gasteiger partial charge in [-0.3, -0.25) is 4.98 Å². The third-order valence-electron chi connectivity index (χ3n) is 0.795. The van der Waals surface area contributed by atoms with Crippen LogP contribution in [0.25, 0.3) is 0 Å². The standard InChI is InChI=1S/C5H2F2IN/c6-3-1-9-2-4(8)5(3)7/h1-2H. The van der Waals surface area contributed by atoms with Gasteiger partial charge in [0.1, 0.15) is 0 Å². The smallest absolute Gasteiger partial charge is 0.178 e. The molecule has 0 amide bonds. The Kier molecular flexibility index (Phi) is 1.94. The van der Waals surface area contributed by atoms with E-state index in [-0.39, 0.29) is 3.57 Å². The first-order valence-electron chi connectivity index (χ1n) is 2.16. The molecule has 48 valence electrons. The van der Waals surface area contributed by atoms with E-state index < -0.39 is 11.6 Å². The first-order valence-corrected chi connectivity index (χ1v) is 3.24. The van der Waals surface area contributed by atoms with Gasteiger partial charge in [-0.1, -0.05) is 0 Å². The van der Waals surface area contributed by atoms with Crippen LogP contribution >= 0.6 is 22.6 Å². The zero-order valence-corrected chi connectivity index (χ0v) is 6.39. The van der Waals surface area contributed by atoms with E-state index in [4.69, 9.17) is 0 Å². The summed E-state index contributed by atoms with van der Waals surface area (Å²) in [6, 6.07) is 0. The van der Waals surface area contributed by atoms with Crippen molar-refractivity contribution >= 4 is 22.6 Å². The fourth-order valence-corrected chi connectivity index (χ4v) is 0.814. The lowest BCUT2D eigenvalue weighted by Crippen LogP contribution is -1.88. The number of aromatic nitrogens is 1. The summed E-state index contributed by atoms with van der Waals surface area (Å²) in [6.07, 6.45) is 2.11. The predicted octanol–water partition coefficient (Wildman–Crippen LogP) is 1.96. The maximum atomic E-state index is 12.3. The molecule has 0 aliphatic heterocycles. The summed E-state index contributed by atoms with van der Waals surface area (Å²) in [5.74, 6) is -1.73. The van der Waals surface area contributed by atoms with E-state index in [9.17, 15) is 8.78 Å². The summed E-state index contributed by atoms with van der Waals surface area (Å²) in [6.45, 7) is 0. The van der Waals surface area contributed by atoms with E-state index in [1.54, 1.807) is 22.6 Å². The molecule has 0 radical (unpaired) electrons. The Morgan fingerprint density at radius 1 is 1.33 bits per heavy atom. The van der Waals surface area contributed by atoms with Crippen molar-refractivity contribution < 1.29 is 8.78 Å². The molecular weight excluding hydrogens is 239 g/mol. The van der Waals surface area contributed by atoms with Crippen LogP contribution < -0.4 is 0 Å². The zero-order valence-electron chi connectivity index (χ0n) is 4.24. The van der Waals surface area contributed by atoms with Gasteiger partial charge in [-0.15, -0.1) is 0 Å². The monoisotopic (exact) mass is 241 g/mol. The first kappa shape index (κ1) is 6.85. The molecule has 9 heavy (non-hydrogen) atoms. The SMILES string of the molecule is Fc1cncc(I)c1F. The predicted molar refractivity (Wildman–Crippen MR) is 36.9 cm³/mol. The minimum atomic E-state index is -0.901. The average molecular weight is 241 g/mol. The maximum absolute atomic E-state index is 12.3. The Balaban J connectivity index is 3.25. The highest BCUT2D eigenvalue weighted by Gasteiger charge is 2.03. The average Bonchev–Trinajstić information content (AvgIpc) is 1.83. The third-order valence-corrected chi connectivity index (χ3v) is 1.55. The van der Waals surface area contributed by atoms with Crippen molar-refractivity contribution in [1.29, 1.82) is 0 Å². The number of nitrogens with zero attached hydrogens (tertiary/aromatic N) is 1. The third kappa shape index (κ3) is 1.35. The van der Waals surface area contributed by atoms with Crippen molar-refractivity contribution in [2.24, 2.45) is 0 Å². The first-order chi connectivity index (χ1) is 4.22. The lowest BCUT2D eigenvalue weighted by atomic mass is 10.5. The van der Waals surface area contributed by atoms with Crippen LogP contribution in [0.3, 0.4) is 0 Å². The number of halogens is 3. The van der Waals surface area contributed by atoms with Crippen LogP contribution in [-0.4, -0.2) is 4.98 Å². The Bertz CT molecular complexity index is 206. The van der Waals surface area contributed by atoms with Gasteiger partial charge in [-0.25, -0.2) is 8.78 Å². The molecule has 0 unspecified atom stereocenters. The van der Waals surface area contributed by atoms with Crippen molar-refractivity contribution in [1.82, 2.24) is 4.98 Å². The van der Waals surface area contributed by atoms with E-state index in [0.717, 1.165) is 6.20 Å². The highest BCUT2D eigenvalue weighted by molar-refractivity contribution is 14.1. The molecule has 0 bridgehead atoms. The minimum absolute atomic E-state index is 0.201. The van der Waals surface area contributed by atoms with Crippen LogP contribution in [-0.2, 0) is 0 Å². The summed E-state index contributed by atoms with van der Waals surface area (Å²) in [5, 5.41) is 0. The molecule has 0 aliphatic rings. The fourth-order valence-electron chi connectivity index (χ4n) is 0.396. The summed E-state index contributed by atoms with van der Waals surface area (Å²) in [7, 11) is 0. The summed E-state index contributed by atoms with van der Waals surface area (Å²) in [5.41, 5.74) is 0.